The summed E-state index contributed by atoms with van der Waals surface area (Å²) >= 11 is 3.41. The number of allylic oxidation sites excluding steroid dienone is 1. The minimum absolute atomic E-state index is 0.198. The molecule has 0 aliphatic carbocycles. The van der Waals surface area contributed by atoms with E-state index in [9.17, 15) is 4.79 Å². The number of hydrogen-bond acceptors (Lipinski definition) is 3. The minimum atomic E-state index is -0.464. The van der Waals surface area contributed by atoms with Crippen molar-refractivity contribution in [2.45, 2.75) is 5.92 Å². The number of halogens is 1. The summed E-state index contributed by atoms with van der Waals surface area (Å²) in [5, 5.41) is 4.06. The van der Waals surface area contributed by atoms with Crippen LogP contribution in [0.1, 0.15) is 22.6 Å². The van der Waals surface area contributed by atoms with E-state index >= 15 is 0 Å². The van der Waals surface area contributed by atoms with Crippen LogP contribution < -0.4 is 10.2 Å². The maximum atomic E-state index is 12.9. The van der Waals surface area contributed by atoms with Gasteiger partial charge in [-0.3, -0.25) is 4.79 Å². The summed E-state index contributed by atoms with van der Waals surface area (Å²) in [6.07, 6.45) is 5.27. The lowest BCUT2D eigenvalue weighted by atomic mass is 9.87. The van der Waals surface area contributed by atoms with E-state index in [4.69, 9.17) is 4.74 Å². The Morgan fingerprint density at radius 3 is 2.18 bits per heavy atom. The zero-order chi connectivity index (χ0) is 19.3. The number of para-hydroxylation sites is 2. The number of carbonyl (C=O) groups excluding carboxylic acids is 1. The molecule has 0 aromatic heterocycles. The lowest BCUT2D eigenvalue weighted by Gasteiger charge is -2.26. The van der Waals surface area contributed by atoms with Crippen LogP contribution in [-0.2, 0) is 4.79 Å². The smallest absolute Gasteiger partial charge is 0.252 e. The van der Waals surface area contributed by atoms with Crippen molar-refractivity contribution in [2.24, 2.45) is 5.10 Å². The summed E-state index contributed by atoms with van der Waals surface area (Å²) < 4.78 is 6.96. The van der Waals surface area contributed by atoms with E-state index in [1.807, 2.05) is 78.9 Å². The fraction of sp³-hybridized carbons (Fsp3) is 0.0435. The summed E-state index contributed by atoms with van der Waals surface area (Å²) in [4.78, 5) is 12.9. The highest BCUT2D eigenvalue weighted by Gasteiger charge is 2.32. The third kappa shape index (κ3) is 3.89. The van der Waals surface area contributed by atoms with Gasteiger partial charge in [0.1, 0.15) is 11.5 Å². The van der Waals surface area contributed by atoms with Gasteiger partial charge in [-0.15, -0.1) is 0 Å². The first-order valence-electron chi connectivity index (χ1n) is 8.83. The lowest BCUT2D eigenvalue weighted by Crippen LogP contribution is -2.28. The number of rotatable bonds is 4. The average molecular weight is 433 g/mol. The van der Waals surface area contributed by atoms with Gasteiger partial charge in [0.05, 0.1) is 5.92 Å². The van der Waals surface area contributed by atoms with Crippen LogP contribution in [0.3, 0.4) is 0 Å². The van der Waals surface area contributed by atoms with Gasteiger partial charge in [0.25, 0.3) is 5.91 Å². The molecule has 5 heteroatoms. The number of benzene rings is 3. The third-order valence-electron chi connectivity index (χ3n) is 4.44. The SMILES string of the molecule is O=C(NN=CC=Cc1ccc(Br)cc1)C1c2ccccc2Oc2ccccc21. The first-order chi connectivity index (χ1) is 13.7. The highest BCUT2D eigenvalue weighted by atomic mass is 79.9. The molecule has 0 saturated heterocycles. The Labute approximate surface area is 171 Å². The van der Waals surface area contributed by atoms with Crippen molar-refractivity contribution in [1.29, 1.82) is 0 Å². The van der Waals surface area contributed by atoms with Crippen molar-refractivity contribution >= 4 is 34.1 Å². The van der Waals surface area contributed by atoms with Gasteiger partial charge in [-0.2, -0.15) is 5.10 Å². The molecule has 0 fully saturated rings. The van der Waals surface area contributed by atoms with Crippen LogP contribution in [0.2, 0.25) is 0 Å². The quantitative estimate of drug-likeness (QED) is 0.436. The fourth-order valence-corrected chi connectivity index (χ4v) is 3.39. The number of ether oxygens (including phenoxy) is 1. The largest absolute Gasteiger partial charge is 0.457 e. The number of fused-ring (bicyclic) bond motifs is 2. The highest BCUT2D eigenvalue weighted by Crippen LogP contribution is 2.43. The highest BCUT2D eigenvalue weighted by molar-refractivity contribution is 9.10. The molecule has 28 heavy (non-hydrogen) atoms. The fourth-order valence-electron chi connectivity index (χ4n) is 3.13. The lowest BCUT2D eigenvalue weighted by molar-refractivity contribution is -0.121. The number of hydrogen-bond donors (Lipinski definition) is 1. The Hall–Kier alpha value is -3.18. The van der Waals surface area contributed by atoms with Gasteiger partial charge >= 0.3 is 0 Å². The second kappa shape index (κ2) is 8.23. The zero-order valence-electron chi connectivity index (χ0n) is 14.9. The average Bonchev–Trinajstić information content (AvgIpc) is 2.73. The molecule has 1 heterocycles. The molecule has 0 bridgehead atoms. The van der Waals surface area contributed by atoms with Crippen molar-refractivity contribution in [3.05, 3.63) is 100 Å². The van der Waals surface area contributed by atoms with E-state index in [1.165, 1.54) is 0 Å². The Bertz CT molecular complexity index is 1010. The van der Waals surface area contributed by atoms with Gasteiger partial charge in [0.2, 0.25) is 0 Å². The molecule has 0 radical (unpaired) electrons. The van der Waals surface area contributed by atoms with Crippen LogP contribution in [0.4, 0.5) is 0 Å². The molecule has 1 aliphatic heterocycles. The number of carbonyl (C=O) groups is 1. The van der Waals surface area contributed by atoms with Crippen molar-refractivity contribution < 1.29 is 9.53 Å². The number of amides is 1. The molecule has 1 aliphatic rings. The Morgan fingerprint density at radius 2 is 1.54 bits per heavy atom. The van der Waals surface area contributed by atoms with Gasteiger partial charge in [0, 0.05) is 21.8 Å². The second-order valence-electron chi connectivity index (χ2n) is 6.28. The molecule has 0 unspecified atom stereocenters. The molecule has 3 aromatic rings. The predicted octanol–water partition coefficient (Wildman–Crippen LogP) is 5.50. The topological polar surface area (TPSA) is 50.7 Å². The Kier molecular flexibility index (Phi) is 5.35. The molecule has 1 amide bonds. The zero-order valence-corrected chi connectivity index (χ0v) is 16.5. The van der Waals surface area contributed by atoms with Crippen LogP contribution in [0.25, 0.3) is 6.08 Å². The van der Waals surface area contributed by atoms with Gasteiger partial charge in [0.15, 0.2) is 0 Å². The van der Waals surface area contributed by atoms with E-state index in [2.05, 4.69) is 26.5 Å². The molecule has 138 valence electrons. The van der Waals surface area contributed by atoms with Crippen LogP contribution in [0, 0.1) is 0 Å². The summed E-state index contributed by atoms with van der Waals surface area (Å²) in [5.41, 5.74) is 5.36. The van der Waals surface area contributed by atoms with Crippen LogP contribution >= 0.6 is 15.9 Å². The van der Waals surface area contributed by atoms with Gasteiger partial charge < -0.3 is 4.74 Å². The number of nitrogens with one attached hydrogen (secondary N) is 1. The van der Waals surface area contributed by atoms with Crippen molar-refractivity contribution in [2.75, 3.05) is 0 Å². The summed E-state index contributed by atoms with van der Waals surface area (Å²) in [5.74, 6) is 0.728. The van der Waals surface area contributed by atoms with Crippen molar-refractivity contribution in [3.63, 3.8) is 0 Å². The van der Waals surface area contributed by atoms with E-state index in [-0.39, 0.29) is 5.91 Å². The monoisotopic (exact) mass is 432 g/mol. The van der Waals surface area contributed by atoms with Gasteiger partial charge in [-0.1, -0.05) is 70.5 Å². The summed E-state index contributed by atoms with van der Waals surface area (Å²) in [6.45, 7) is 0. The van der Waals surface area contributed by atoms with Crippen molar-refractivity contribution in [3.8, 4) is 11.5 Å². The first kappa shape index (κ1) is 18.2. The standard InChI is InChI=1S/C23H17BrN2O2/c24-17-13-11-16(12-14-17)6-5-15-25-26-23(27)22-18-7-1-3-9-20(18)28-21-10-4-2-8-19(21)22/h1-15,22H,(H,26,27). The van der Waals surface area contributed by atoms with E-state index < -0.39 is 5.92 Å². The second-order valence-corrected chi connectivity index (χ2v) is 7.19. The molecule has 0 atom stereocenters. The van der Waals surface area contributed by atoms with Crippen molar-refractivity contribution in [1.82, 2.24) is 5.43 Å². The number of hydrazone groups is 1. The molecule has 0 spiro atoms. The normalized spacial score (nSPS) is 13.2. The molecular formula is C23H17BrN2O2. The van der Waals surface area contributed by atoms with Crippen LogP contribution in [0.15, 0.2) is 88.4 Å². The Balaban J connectivity index is 1.50. The summed E-state index contributed by atoms with van der Waals surface area (Å²) in [7, 11) is 0. The van der Waals surface area contributed by atoms with E-state index in [0.717, 1.165) is 21.2 Å². The van der Waals surface area contributed by atoms with E-state index in [0.29, 0.717) is 11.5 Å². The minimum Gasteiger partial charge on any atom is -0.457 e. The maximum Gasteiger partial charge on any atom is 0.252 e. The molecule has 4 nitrogen and oxygen atoms in total. The molecule has 0 saturated carbocycles. The van der Waals surface area contributed by atoms with E-state index in [1.54, 1.807) is 12.3 Å². The first-order valence-corrected chi connectivity index (χ1v) is 9.62. The molecular weight excluding hydrogens is 416 g/mol. The Morgan fingerprint density at radius 1 is 0.929 bits per heavy atom. The van der Waals surface area contributed by atoms with Gasteiger partial charge in [-0.05, 0) is 35.9 Å². The molecule has 3 aromatic carbocycles. The van der Waals surface area contributed by atoms with Crippen LogP contribution in [0.5, 0.6) is 11.5 Å². The summed E-state index contributed by atoms with van der Waals surface area (Å²) in [6, 6.07) is 23.1. The predicted molar refractivity (Wildman–Crippen MR) is 115 cm³/mol. The van der Waals surface area contributed by atoms with Gasteiger partial charge in [-0.25, -0.2) is 5.43 Å². The maximum absolute atomic E-state index is 12.9. The third-order valence-corrected chi connectivity index (χ3v) is 4.96. The molecule has 4 rings (SSSR count). The van der Waals surface area contributed by atoms with Crippen LogP contribution in [-0.4, -0.2) is 12.1 Å². The molecule has 1 N–H and O–H groups in total. The number of nitrogens with zero attached hydrogens (tertiary/aromatic N) is 1.